The number of hydrazine groups is 1. The molecule has 2 heterocycles. The van der Waals surface area contributed by atoms with E-state index in [1.165, 1.54) is 18.2 Å². The molecule has 164 valence electrons. The highest BCUT2D eigenvalue weighted by Gasteiger charge is 2.24. The van der Waals surface area contributed by atoms with E-state index in [1.54, 1.807) is 30.1 Å². The van der Waals surface area contributed by atoms with Crippen molar-refractivity contribution in [2.45, 2.75) is 44.2 Å². The van der Waals surface area contributed by atoms with Crippen LogP contribution in [0.15, 0.2) is 48.5 Å². The predicted molar refractivity (Wildman–Crippen MR) is 118 cm³/mol. The van der Waals surface area contributed by atoms with Gasteiger partial charge in [0.2, 0.25) is 0 Å². The molecular formula is C24H28F2N4O. The Hall–Kier alpha value is -2.77. The molecule has 0 aliphatic carbocycles. The summed E-state index contributed by atoms with van der Waals surface area (Å²) in [5.41, 5.74) is 8.76. The number of halogens is 2. The Morgan fingerprint density at radius 3 is 2.65 bits per heavy atom. The van der Waals surface area contributed by atoms with Crippen molar-refractivity contribution < 1.29 is 13.6 Å². The van der Waals surface area contributed by atoms with Crippen LogP contribution in [0, 0.1) is 11.6 Å². The third kappa shape index (κ3) is 5.11. The number of carbonyl (C=O) groups is 1. The van der Waals surface area contributed by atoms with E-state index in [4.69, 9.17) is 0 Å². The van der Waals surface area contributed by atoms with Crippen LogP contribution in [0.5, 0.6) is 0 Å². The van der Waals surface area contributed by atoms with Gasteiger partial charge in [0.15, 0.2) is 0 Å². The first-order valence-corrected chi connectivity index (χ1v) is 10.8. The number of hydrogen-bond donors (Lipinski definition) is 3. The summed E-state index contributed by atoms with van der Waals surface area (Å²) in [5, 5.41) is 0.441. The Morgan fingerprint density at radius 1 is 1.06 bits per heavy atom. The van der Waals surface area contributed by atoms with Crippen molar-refractivity contribution in [3.63, 3.8) is 0 Å². The van der Waals surface area contributed by atoms with Crippen LogP contribution in [0.1, 0.15) is 54.2 Å². The van der Waals surface area contributed by atoms with Crippen molar-refractivity contribution in [1.29, 1.82) is 0 Å². The lowest BCUT2D eigenvalue weighted by Crippen LogP contribution is -2.30. The zero-order valence-corrected chi connectivity index (χ0v) is 17.6. The molecule has 0 bridgehead atoms. The second-order valence-corrected chi connectivity index (χ2v) is 8.29. The smallest absolute Gasteiger partial charge is 0.270 e. The minimum Gasteiger partial charge on any atom is -0.350 e. The van der Waals surface area contributed by atoms with E-state index >= 15 is 0 Å². The summed E-state index contributed by atoms with van der Waals surface area (Å²) in [4.78, 5) is 17.3. The number of hydrogen-bond acceptors (Lipinski definition) is 3. The molecule has 2 unspecified atom stereocenters. The van der Waals surface area contributed by atoms with Gasteiger partial charge in [-0.2, -0.15) is 0 Å². The van der Waals surface area contributed by atoms with Gasteiger partial charge in [0, 0.05) is 36.6 Å². The molecule has 0 spiro atoms. The molecule has 1 saturated heterocycles. The monoisotopic (exact) mass is 426 g/mol. The van der Waals surface area contributed by atoms with Crippen LogP contribution < -0.4 is 10.9 Å². The van der Waals surface area contributed by atoms with Crippen LogP contribution in [0.3, 0.4) is 0 Å². The minimum absolute atomic E-state index is 0.126. The largest absolute Gasteiger partial charge is 0.350 e. The molecule has 1 aliphatic rings. The van der Waals surface area contributed by atoms with Crippen molar-refractivity contribution >= 4 is 16.8 Å². The van der Waals surface area contributed by atoms with Crippen molar-refractivity contribution in [2.24, 2.45) is 0 Å². The Labute approximate surface area is 180 Å². The molecule has 1 aliphatic heterocycles. The average Bonchev–Trinajstić information content (AvgIpc) is 3.41. The van der Waals surface area contributed by atoms with Gasteiger partial charge in [-0.3, -0.25) is 15.6 Å². The Kier molecular flexibility index (Phi) is 6.63. The van der Waals surface area contributed by atoms with E-state index in [0.29, 0.717) is 29.2 Å². The summed E-state index contributed by atoms with van der Waals surface area (Å²) in [5.74, 6) is -0.669. The van der Waals surface area contributed by atoms with Crippen LogP contribution in [0.2, 0.25) is 0 Å². The molecule has 1 aromatic heterocycles. The summed E-state index contributed by atoms with van der Waals surface area (Å²) in [6.07, 6.45) is 5.02. The SMILES string of the molecule is CN(CCCCCC1CC(c2ccc(F)cc2)NN1)C(=O)c1cc2c(F)cccc2[nH]1. The molecule has 31 heavy (non-hydrogen) atoms. The Morgan fingerprint density at radius 2 is 1.87 bits per heavy atom. The zero-order valence-electron chi connectivity index (χ0n) is 17.6. The van der Waals surface area contributed by atoms with Gasteiger partial charge in [-0.05, 0) is 55.2 Å². The zero-order chi connectivity index (χ0) is 21.8. The molecule has 1 fully saturated rings. The first kappa shape index (κ1) is 21.5. The second-order valence-electron chi connectivity index (χ2n) is 8.29. The lowest BCUT2D eigenvalue weighted by atomic mass is 9.99. The van der Waals surface area contributed by atoms with Gasteiger partial charge in [0.1, 0.15) is 17.3 Å². The molecule has 0 saturated carbocycles. The first-order chi connectivity index (χ1) is 15.0. The van der Waals surface area contributed by atoms with E-state index in [0.717, 1.165) is 37.7 Å². The molecule has 3 aromatic rings. The normalized spacial score (nSPS) is 18.5. The maximum Gasteiger partial charge on any atom is 0.270 e. The summed E-state index contributed by atoms with van der Waals surface area (Å²) >= 11 is 0. The average molecular weight is 427 g/mol. The fraction of sp³-hybridized carbons (Fsp3) is 0.375. The molecule has 2 aromatic carbocycles. The number of aromatic amines is 1. The van der Waals surface area contributed by atoms with Crippen molar-refractivity contribution in [3.05, 3.63) is 71.4 Å². The highest BCUT2D eigenvalue weighted by Crippen LogP contribution is 2.25. The van der Waals surface area contributed by atoms with E-state index in [-0.39, 0.29) is 23.6 Å². The van der Waals surface area contributed by atoms with Gasteiger partial charge in [-0.25, -0.2) is 8.78 Å². The van der Waals surface area contributed by atoms with Gasteiger partial charge in [0.05, 0.1) is 0 Å². The second kappa shape index (κ2) is 9.58. The summed E-state index contributed by atoms with van der Waals surface area (Å²) in [6.45, 7) is 0.658. The quantitative estimate of drug-likeness (QED) is 0.458. The van der Waals surface area contributed by atoms with Crippen LogP contribution >= 0.6 is 0 Å². The predicted octanol–water partition coefficient (Wildman–Crippen LogP) is 4.69. The lowest BCUT2D eigenvalue weighted by molar-refractivity contribution is 0.0787. The Balaban J connectivity index is 1.17. The molecule has 3 N–H and O–H groups in total. The van der Waals surface area contributed by atoms with Gasteiger partial charge < -0.3 is 9.88 Å². The van der Waals surface area contributed by atoms with Gasteiger partial charge >= 0.3 is 0 Å². The topological polar surface area (TPSA) is 60.2 Å². The molecule has 2 atom stereocenters. The van der Waals surface area contributed by atoms with Crippen molar-refractivity contribution in [1.82, 2.24) is 20.7 Å². The highest BCUT2D eigenvalue weighted by molar-refractivity contribution is 5.98. The number of nitrogens with one attached hydrogen (secondary N) is 3. The number of H-pyrrole nitrogens is 1. The highest BCUT2D eigenvalue weighted by atomic mass is 19.1. The maximum absolute atomic E-state index is 13.8. The standard InChI is InChI=1S/C24H28F2N4O/c1-30(24(31)23-15-19-20(26)7-5-8-21(19)27-23)13-4-2-3-6-18-14-22(29-28-18)16-9-11-17(25)12-10-16/h5,7-12,15,18,22,27-29H,2-4,6,13-14H2,1H3. The number of nitrogens with zero attached hydrogens (tertiary/aromatic N) is 1. The lowest BCUT2D eigenvalue weighted by Gasteiger charge is -2.16. The molecule has 0 radical (unpaired) electrons. The molecule has 1 amide bonds. The minimum atomic E-state index is -0.327. The van der Waals surface area contributed by atoms with Crippen LogP contribution in [-0.2, 0) is 0 Å². The number of aromatic nitrogens is 1. The van der Waals surface area contributed by atoms with Crippen LogP contribution in [0.25, 0.3) is 10.9 Å². The molecule has 4 rings (SSSR count). The van der Waals surface area contributed by atoms with E-state index in [2.05, 4.69) is 15.8 Å². The van der Waals surface area contributed by atoms with E-state index < -0.39 is 0 Å². The van der Waals surface area contributed by atoms with E-state index in [9.17, 15) is 13.6 Å². The number of amides is 1. The number of benzene rings is 2. The third-order valence-electron chi connectivity index (χ3n) is 5.99. The molecular weight excluding hydrogens is 398 g/mol. The van der Waals surface area contributed by atoms with E-state index in [1.807, 2.05) is 12.1 Å². The van der Waals surface area contributed by atoms with Gasteiger partial charge in [-0.1, -0.05) is 31.0 Å². The first-order valence-electron chi connectivity index (χ1n) is 10.8. The molecule has 5 nitrogen and oxygen atoms in total. The van der Waals surface area contributed by atoms with Crippen LogP contribution in [-0.4, -0.2) is 35.4 Å². The summed E-state index contributed by atoms with van der Waals surface area (Å²) in [7, 11) is 1.78. The third-order valence-corrected chi connectivity index (χ3v) is 5.99. The number of fused-ring (bicyclic) bond motifs is 1. The summed E-state index contributed by atoms with van der Waals surface area (Å²) < 4.78 is 26.9. The fourth-order valence-corrected chi connectivity index (χ4v) is 4.18. The number of rotatable bonds is 8. The van der Waals surface area contributed by atoms with Crippen molar-refractivity contribution in [2.75, 3.05) is 13.6 Å². The Bertz CT molecular complexity index is 1030. The molecule has 7 heteroatoms. The van der Waals surface area contributed by atoms with Crippen molar-refractivity contribution in [3.8, 4) is 0 Å². The van der Waals surface area contributed by atoms with Crippen LogP contribution in [0.4, 0.5) is 8.78 Å². The maximum atomic E-state index is 13.8. The number of unbranched alkanes of at least 4 members (excludes halogenated alkanes) is 2. The van der Waals surface area contributed by atoms with Gasteiger partial charge in [-0.15, -0.1) is 0 Å². The fourth-order valence-electron chi connectivity index (χ4n) is 4.18. The summed E-state index contributed by atoms with van der Waals surface area (Å²) in [6, 6.07) is 13.6. The van der Waals surface area contributed by atoms with Gasteiger partial charge in [0.25, 0.3) is 5.91 Å². The number of carbonyl (C=O) groups excluding carboxylic acids is 1.